The van der Waals surface area contributed by atoms with Crippen molar-refractivity contribution in [3.63, 3.8) is 0 Å². The molecule has 1 aliphatic carbocycles. The van der Waals surface area contributed by atoms with Crippen molar-refractivity contribution in [2.24, 2.45) is 5.92 Å². The molecule has 110 valence electrons. The Morgan fingerprint density at radius 1 is 1.40 bits per heavy atom. The third kappa shape index (κ3) is 2.75. The average molecular weight is 294 g/mol. The summed E-state index contributed by atoms with van der Waals surface area (Å²) in [6.07, 6.45) is 5.93. The van der Waals surface area contributed by atoms with Gasteiger partial charge in [-0.05, 0) is 38.0 Å². The van der Waals surface area contributed by atoms with Crippen LogP contribution in [0, 0.1) is 5.92 Å². The lowest BCUT2D eigenvalue weighted by molar-refractivity contribution is 0.0689. The van der Waals surface area contributed by atoms with Crippen LogP contribution in [0.5, 0.6) is 0 Å². The fourth-order valence-electron chi connectivity index (χ4n) is 2.79. The second-order valence-corrected chi connectivity index (χ2v) is 7.00. The highest BCUT2D eigenvalue weighted by molar-refractivity contribution is 7.18. The molecular formula is C14H22N4OS. The Morgan fingerprint density at radius 3 is 2.85 bits per heavy atom. The maximum Gasteiger partial charge on any atom is 0.267 e. The van der Waals surface area contributed by atoms with Crippen molar-refractivity contribution in [2.75, 3.05) is 24.1 Å². The van der Waals surface area contributed by atoms with Gasteiger partial charge in [0.25, 0.3) is 5.91 Å². The summed E-state index contributed by atoms with van der Waals surface area (Å²) in [7, 11) is 0. The van der Waals surface area contributed by atoms with Crippen molar-refractivity contribution in [3.05, 3.63) is 4.88 Å². The number of piperidine rings is 1. The highest BCUT2D eigenvalue weighted by Gasteiger charge is 2.27. The van der Waals surface area contributed by atoms with Crippen LogP contribution in [-0.4, -0.2) is 34.9 Å². The Morgan fingerprint density at radius 2 is 2.20 bits per heavy atom. The van der Waals surface area contributed by atoms with Crippen LogP contribution in [0.25, 0.3) is 0 Å². The lowest BCUT2D eigenvalue weighted by atomic mass is 9.93. The molecule has 5 nitrogen and oxygen atoms in total. The highest BCUT2D eigenvalue weighted by Crippen LogP contribution is 2.31. The molecular weight excluding hydrogens is 272 g/mol. The van der Waals surface area contributed by atoms with E-state index in [0.717, 1.165) is 24.6 Å². The van der Waals surface area contributed by atoms with Gasteiger partial charge in [0.2, 0.25) is 0 Å². The predicted molar refractivity (Wildman–Crippen MR) is 82.1 cm³/mol. The van der Waals surface area contributed by atoms with E-state index in [1.807, 2.05) is 4.90 Å². The van der Waals surface area contributed by atoms with E-state index in [2.05, 4.69) is 17.2 Å². The summed E-state index contributed by atoms with van der Waals surface area (Å²) < 4.78 is 0. The molecule has 1 aliphatic heterocycles. The molecule has 0 bridgehead atoms. The minimum absolute atomic E-state index is 0.0493. The van der Waals surface area contributed by atoms with Gasteiger partial charge in [-0.2, -0.15) is 0 Å². The van der Waals surface area contributed by atoms with Crippen molar-refractivity contribution in [2.45, 2.75) is 45.1 Å². The van der Waals surface area contributed by atoms with Gasteiger partial charge in [0.1, 0.15) is 10.7 Å². The number of amides is 1. The van der Waals surface area contributed by atoms with Crippen LogP contribution >= 0.6 is 11.3 Å². The summed E-state index contributed by atoms with van der Waals surface area (Å²) in [6.45, 7) is 3.87. The second kappa shape index (κ2) is 5.60. The number of nitrogen functional groups attached to an aromatic ring is 1. The Balaban J connectivity index is 1.70. The number of carbonyl (C=O) groups excluding carboxylic acids is 1. The lowest BCUT2D eigenvalue weighted by Crippen LogP contribution is -2.39. The van der Waals surface area contributed by atoms with Gasteiger partial charge in [-0.25, -0.2) is 4.98 Å². The molecule has 0 aromatic carbocycles. The van der Waals surface area contributed by atoms with Gasteiger partial charge in [-0.3, -0.25) is 4.79 Å². The first-order valence-corrected chi connectivity index (χ1v) is 8.27. The largest absolute Gasteiger partial charge is 0.382 e. The number of anilines is 2. The molecule has 20 heavy (non-hydrogen) atoms. The summed E-state index contributed by atoms with van der Waals surface area (Å²) in [5.74, 6) is 1.00. The smallest absolute Gasteiger partial charge is 0.267 e. The summed E-state index contributed by atoms with van der Waals surface area (Å²) in [6, 6.07) is 0.513. The molecule has 1 atom stereocenters. The number of aromatic nitrogens is 1. The zero-order chi connectivity index (χ0) is 14.1. The molecule has 1 amide bonds. The van der Waals surface area contributed by atoms with Crippen molar-refractivity contribution in [1.82, 2.24) is 9.88 Å². The molecule has 1 saturated carbocycles. The van der Waals surface area contributed by atoms with E-state index >= 15 is 0 Å². The van der Waals surface area contributed by atoms with Gasteiger partial charge in [0.15, 0.2) is 5.13 Å². The first-order chi connectivity index (χ1) is 9.63. The topological polar surface area (TPSA) is 71.2 Å². The first kappa shape index (κ1) is 13.7. The second-order valence-electron chi connectivity index (χ2n) is 6.00. The first-order valence-electron chi connectivity index (χ1n) is 7.45. The van der Waals surface area contributed by atoms with Crippen molar-refractivity contribution in [1.29, 1.82) is 0 Å². The molecule has 0 radical (unpaired) electrons. The normalized spacial score (nSPS) is 23.4. The molecule has 6 heteroatoms. The third-order valence-electron chi connectivity index (χ3n) is 4.22. The molecule has 1 saturated heterocycles. The van der Waals surface area contributed by atoms with Gasteiger partial charge in [0, 0.05) is 19.1 Å². The molecule has 2 fully saturated rings. The van der Waals surface area contributed by atoms with Gasteiger partial charge >= 0.3 is 0 Å². The lowest BCUT2D eigenvalue weighted by Gasteiger charge is -2.30. The monoisotopic (exact) mass is 294 g/mol. The summed E-state index contributed by atoms with van der Waals surface area (Å²) in [4.78, 5) is 19.4. The molecule has 0 spiro atoms. The number of nitrogens with one attached hydrogen (secondary N) is 1. The number of nitrogens with zero attached hydrogens (tertiary/aromatic N) is 2. The van der Waals surface area contributed by atoms with E-state index in [0.29, 0.717) is 22.7 Å². The number of likely N-dealkylation sites (tertiary alicyclic amines) is 1. The van der Waals surface area contributed by atoms with Gasteiger partial charge in [0.05, 0.1) is 0 Å². The molecule has 2 heterocycles. The minimum atomic E-state index is 0.0493. The van der Waals surface area contributed by atoms with Crippen LogP contribution < -0.4 is 11.1 Å². The number of nitrogens with two attached hydrogens (primary N) is 1. The zero-order valence-electron chi connectivity index (χ0n) is 11.9. The molecule has 3 N–H and O–H groups in total. The third-order valence-corrected chi connectivity index (χ3v) is 5.21. The van der Waals surface area contributed by atoms with Crippen LogP contribution in [-0.2, 0) is 0 Å². The quantitative estimate of drug-likeness (QED) is 0.898. The predicted octanol–water partition coefficient (Wildman–Crippen LogP) is 2.56. The molecule has 1 aromatic rings. The number of rotatable bonds is 3. The molecule has 1 unspecified atom stereocenters. The fraction of sp³-hybridized carbons (Fsp3) is 0.714. The van der Waals surface area contributed by atoms with E-state index in [4.69, 9.17) is 5.73 Å². The Labute approximate surface area is 123 Å². The van der Waals surface area contributed by atoms with Gasteiger partial charge in [-0.15, -0.1) is 0 Å². The van der Waals surface area contributed by atoms with Crippen LogP contribution in [0.3, 0.4) is 0 Å². The molecule has 2 aliphatic rings. The van der Waals surface area contributed by atoms with E-state index in [1.165, 1.54) is 37.0 Å². The van der Waals surface area contributed by atoms with Crippen LogP contribution in [0.2, 0.25) is 0 Å². The fourth-order valence-corrected chi connectivity index (χ4v) is 3.72. The SMILES string of the molecule is CC1CCCN(C(=O)c2sc(NC3CCC3)nc2N)C1. The Kier molecular flexibility index (Phi) is 3.83. The van der Waals surface area contributed by atoms with Crippen molar-refractivity contribution >= 4 is 28.2 Å². The Hall–Kier alpha value is -1.30. The van der Waals surface area contributed by atoms with Crippen LogP contribution in [0.15, 0.2) is 0 Å². The highest BCUT2D eigenvalue weighted by atomic mass is 32.1. The average Bonchev–Trinajstić information content (AvgIpc) is 2.74. The van der Waals surface area contributed by atoms with Crippen LogP contribution in [0.4, 0.5) is 10.9 Å². The van der Waals surface area contributed by atoms with E-state index < -0.39 is 0 Å². The van der Waals surface area contributed by atoms with Crippen molar-refractivity contribution in [3.8, 4) is 0 Å². The summed E-state index contributed by atoms with van der Waals surface area (Å²) >= 11 is 1.40. The van der Waals surface area contributed by atoms with Crippen LogP contribution in [0.1, 0.15) is 48.7 Å². The van der Waals surface area contributed by atoms with E-state index in [-0.39, 0.29) is 5.91 Å². The maximum absolute atomic E-state index is 12.5. The number of carbonyl (C=O) groups is 1. The number of hydrogen-bond acceptors (Lipinski definition) is 5. The van der Waals surface area contributed by atoms with Crippen molar-refractivity contribution < 1.29 is 4.79 Å². The minimum Gasteiger partial charge on any atom is -0.382 e. The summed E-state index contributed by atoms with van der Waals surface area (Å²) in [5.41, 5.74) is 5.93. The zero-order valence-corrected chi connectivity index (χ0v) is 12.7. The molecule has 3 rings (SSSR count). The van der Waals surface area contributed by atoms with E-state index in [9.17, 15) is 4.79 Å². The van der Waals surface area contributed by atoms with E-state index in [1.54, 1.807) is 0 Å². The standard InChI is InChI=1S/C14H22N4OS/c1-9-4-3-7-18(8-9)13(19)11-12(15)17-14(20-11)16-10-5-2-6-10/h9-10H,2-8,15H2,1H3,(H,16,17). The maximum atomic E-state index is 12.5. The summed E-state index contributed by atoms with van der Waals surface area (Å²) in [5, 5.41) is 4.16. The number of hydrogen-bond donors (Lipinski definition) is 2. The van der Waals surface area contributed by atoms with Gasteiger partial charge < -0.3 is 16.0 Å². The number of thiazole rings is 1. The Bertz CT molecular complexity index is 497. The van der Waals surface area contributed by atoms with Gasteiger partial charge in [-0.1, -0.05) is 18.3 Å². The molecule has 1 aromatic heterocycles.